The first kappa shape index (κ1) is 12.8. The number of ether oxygens (including phenoxy) is 1. The number of hydrogen-bond acceptors (Lipinski definition) is 3. The minimum atomic E-state index is -0.565. The largest absolute Gasteiger partial charge is 0.478 e. The number of fused-ring (bicyclic) bond motifs is 1. The van der Waals surface area contributed by atoms with Gasteiger partial charge in [0.2, 0.25) is 0 Å². The lowest BCUT2D eigenvalue weighted by molar-refractivity contribution is -0.123. The summed E-state index contributed by atoms with van der Waals surface area (Å²) in [7, 11) is 0. The normalized spacial score (nSPS) is 17.1. The van der Waals surface area contributed by atoms with E-state index in [0.717, 1.165) is 5.56 Å². The number of nitrogen functional groups attached to an aromatic ring is 1. The number of benzene rings is 2. The van der Waals surface area contributed by atoms with Crippen molar-refractivity contribution in [1.82, 2.24) is 0 Å². The highest BCUT2D eigenvalue weighted by Crippen LogP contribution is 2.32. The molecule has 0 fully saturated rings. The number of nitrogens with two attached hydrogens (primary N) is 1. The van der Waals surface area contributed by atoms with Gasteiger partial charge in [0, 0.05) is 17.1 Å². The average molecular weight is 289 g/mol. The fraction of sp³-hybridized carbons (Fsp3) is 0.133. The third-order valence-corrected chi connectivity index (χ3v) is 3.37. The Balaban J connectivity index is 1.82. The van der Waals surface area contributed by atoms with E-state index in [4.69, 9.17) is 22.1 Å². The fourth-order valence-electron chi connectivity index (χ4n) is 2.18. The Labute approximate surface area is 121 Å². The lowest BCUT2D eigenvalue weighted by atomic mass is 10.1. The van der Waals surface area contributed by atoms with Crippen molar-refractivity contribution in [2.45, 2.75) is 12.5 Å². The SMILES string of the molecule is Nc1ccc2c(c1)NC(=O)C(Cc1cccc(Cl)c1)O2. The van der Waals surface area contributed by atoms with Gasteiger partial charge in [-0.3, -0.25) is 4.79 Å². The minimum absolute atomic E-state index is 0.178. The van der Waals surface area contributed by atoms with Crippen LogP contribution in [0.2, 0.25) is 5.02 Å². The number of carbonyl (C=O) groups is 1. The van der Waals surface area contributed by atoms with E-state index in [1.807, 2.05) is 18.2 Å². The molecule has 0 aliphatic carbocycles. The molecule has 0 saturated heterocycles. The number of nitrogens with one attached hydrogen (secondary N) is 1. The van der Waals surface area contributed by atoms with Crippen LogP contribution in [0.4, 0.5) is 11.4 Å². The summed E-state index contributed by atoms with van der Waals surface area (Å²) in [6, 6.07) is 12.6. The van der Waals surface area contributed by atoms with Crippen molar-refractivity contribution >= 4 is 28.9 Å². The summed E-state index contributed by atoms with van der Waals surface area (Å²) in [5.41, 5.74) is 7.83. The molecule has 0 radical (unpaired) electrons. The molecule has 1 atom stereocenters. The number of anilines is 2. The maximum absolute atomic E-state index is 12.0. The van der Waals surface area contributed by atoms with E-state index in [9.17, 15) is 4.79 Å². The first-order chi connectivity index (χ1) is 9.61. The standard InChI is InChI=1S/C15H13ClN2O2/c16-10-3-1-2-9(6-10)7-14-15(19)18-12-8-11(17)4-5-13(12)20-14/h1-6,8,14H,7,17H2,(H,18,19). The molecule has 2 aromatic carbocycles. The van der Waals surface area contributed by atoms with Gasteiger partial charge in [0.15, 0.2) is 6.10 Å². The fourth-order valence-corrected chi connectivity index (χ4v) is 2.39. The molecule has 0 saturated carbocycles. The van der Waals surface area contributed by atoms with Crippen molar-refractivity contribution in [2.24, 2.45) is 0 Å². The molecule has 5 heteroatoms. The second-order valence-electron chi connectivity index (χ2n) is 4.69. The van der Waals surface area contributed by atoms with Crippen molar-refractivity contribution in [3.05, 3.63) is 53.1 Å². The Kier molecular flexibility index (Phi) is 3.24. The Morgan fingerprint density at radius 1 is 1.25 bits per heavy atom. The highest BCUT2D eigenvalue weighted by molar-refractivity contribution is 6.30. The topological polar surface area (TPSA) is 64.3 Å². The van der Waals surface area contributed by atoms with Crippen LogP contribution in [-0.2, 0) is 11.2 Å². The quantitative estimate of drug-likeness (QED) is 0.835. The number of carbonyl (C=O) groups excluding carboxylic acids is 1. The molecule has 0 aromatic heterocycles. The van der Waals surface area contributed by atoms with Gasteiger partial charge >= 0.3 is 0 Å². The lowest BCUT2D eigenvalue weighted by Gasteiger charge is -2.26. The smallest absolute Gasteiger partial charge is 0.265 e. The molecule has 4 nitrogen and oxygen atoms in total. The molecule has 20 heavy (non-hydrogen) atoms. The predicted molar refractivity (Wildman–Crippen MR) is 79.1 cm³/mol. The first-order valence-corrected chi connectivity index (χ1v) is 6.61. The lowest BCUT2D eigenvalue weighted by Crippen LogP contribution is -2.38. The molecule has 1 heterocycles. The van der Waals surface area contributed by atoms with Gasteiger partial charge in [0.25, 0.3) is 5.91 Å². The van der Waals surface area contributed by atoms with E-state index in [0.29, 0.717) is 28.6 Å². The summed E-state index contributed by atoms with van der Waals surface area (Å²) in [5, 5.41) is 3.45. The van der Waals surface area contributed by atoms with Crippen LogP contribution in [0.15, 0.2) is 42.5 Å². The molecule has 2 aromatic rings. The monoisotopic (exact) mass is 288 g/mol. The number of halogens is 1. The van der Waals surface area contributed by atoms with Crippen LogP contribution in [0, 0.1) is 0 Å². The average Bonchev–Trinajstić information content (AvgIpc) is 2.40. The van der Waals surface area contributed by atoms with Crippen LogP contribution in [0.1, 0.15) is 5.56 Å². The van der Waals surface area contributed by atoms with Gasteiger partial charge in [-0.2, -0.15) is 0 Å². The number of amides is 1. The molecule has 102 valence electrons. The second kappa shape index (κ2) is 5.06. The van der Waals surface area contributed by atoms with Crippen molar-refractivity contribution in [2.75, 3.05) is 11.1 Å². The van der Waals surface area contributed by atoms with Crippen molar-refractivity contribution in [1.29, 1.82) is 0 Å². The van der Waals surface area contributed by atoms with Crippen LogP contribution in [0.5, 0.6) is 5.75 Å². The maximum atomic E-state index is 12.0. The van der Waals surface area contributed by atoms with E-state index in [1.54, 1.807) is 24.3 Å². The predicted octanol–water partition coefficient (Wildman–Crippen LogP) is 2.86. The zero-order chi connectivity index (χ0) is 14.1. The minimum Gasteiger partial charge on any atom is -0.478 e. The summed E-state index contributed by atoms with van der Waals surface area (Å²) in [5.74, 6) is 0.453. The van der Waals surface area contributed by atoms with Gasteiger partial charge in [-0.15, -0.1) is 0 Å². The molecule has 1 aliphatic rings. The first-order valence-electron chi connectivity index (χ1n) is 6.23. The molecule has 0 spiro atoms. The van der Waals surface area contributed by atoms with Crippen LogP contribution in [0.3, 0.4) is 0 Å². The third-order valence-electron chi connectivity index (χ3n) is 3.13. The second-order valence-corrected chi connectivity index (χ2v) is 5.12. The summed E-state index contributed by atoms with van der Waals surface area (Å²) in [6.45, 7) is 0. The van der Waals surface area contributed by atoms with Gasteiger partial charge in [-0.1, -0.05) is 23.7 Å². The zero-order valence-corrected chi connectivity index (χ0v) is 11.4. The number of rotatable bonds is 2. The Morgan fingerprint density at radius 2 is 2.10 bits per heavy atom. The summed E-state index contributed by atoms with van der Waals surface area (Å²) in [6.07, 6.45) is -0.0967. The highest BCUT2D eigenvalue weighted by atomic mass is 35.5. The molecule has 3 N–H and O–H groups in total. The maximum Gasteiger partial charge on any atom is 0.265 e. The van der Waals surface area contributed by atoms with Crippen LogP contribution in [-0.4, -0.2) is 12.0 Å². The summed E-state index contributed by atoms with van der Waals surface area (Å²) >= 11 is 5.94. The van der Waals surface area contributed by atoms with Gasteiger partial charge in [-0.05, 0) is 35.9 Å². The summed E-state index contributed by atoms with van der Waals surface area (Å²) in [4.78, 5) is 12.0. The summed E-state index contributed by atoms with van der Waals surface area (Å²) < 4.78 is 5.73. The van der Waals surface area contributed by atoms with E-state index < -0.39 is 6.10 Å². The molecule has 0 bridgehead atoms. The van der Waals surface area contributed by atoms with Crippen LogP contribution in [0.25, 0.3) is 0 Å². The Morgan fingerprint density at radius 3 is 2.90 bits per heavy atom. The van der Waals surface area contributed by atoms with Crippen LogP contribution >= 0.6 is 11.6 Å². The highest BCUT2D eigenvalue weighted by Gasteiger charge is 2.27. The van der Waals surface area contributed by atoms with E-state index in [2.05, 4.69) is 5.32 Å². The van der Waals surface area contributed by atoms with E-state index >= 15 is 0 Å². The van der Waals surface area contributed by atoms with Gasteiger partial charge in [0.05, 0.1) is 5.69 Å². The Hall–Kier alpha value is -2.20. The van der Waals surface area contributed by atoms with Crippen molar-refractivity contribution in [3.8, 4) is 5.75 Å². The van der Waals surface area contributed by atoms with Crippen LogP contribution < -0.4 is 15.8 Å². The van der Waals surface area contributed by atoms with Crippen molar-refractivity contribution < 1.29 is 9.53 Å². The third kappa shape index (κ3) is 2.56. The number of hydrogen-bond donors (Lipinski definition) is 2. The molecular weight excluding hydrogens is 276 g/mol. The molecular formula is C15H13ClN2O2. The molecule has 1 unspecified atom stereocenters. The van der Waals surface area contributed by atoms with Crippen molar-refractivity contribution in [3.63, 3.8) is 0 Å². The molecule has 1 aliphatic heterocycles. The molecule has 3 rings (SSSR count). The van der Waals surface area contributed by atoms with E-state index in [1.165, 1.54) is 0 Å². The molecule has 1 amide bonds. The van der Waals surface area contributed by atoms with Gasteiger partial charge in [-0.25, -0.2) is 0 Å². The van der Waals surface area contributed by atoms with Gasteiger partial charge in [0.1, 0.15) is 5.75 Å². The van der Waals surface area contributed by atoms with Gasteiger partial charge < -0.3 is 15.8 Å². The Bertz CT molecular complexity index is 673. The zero-order valence-electron chi connectivity index (χ0n) is 10.6. The van der Waals surface area contributed by atoms with E-state index in [-0.39, 0.29) is 5.91 Å².